The molecule has 3 N–H and O–H groups in total. The Labute approximate surface area is 150 Å². The molecular weight excluding hydrogens is 338 g/mol. The van der Waals surface area contributed by atoms with Gasteiger partial charge in [-0.25, -0.2) is 13.4 Å². The van der Waals surface area contributed by atoms with Crippen molar-refractivity contribution >= 4 is 15.8 Å². The van der Waals surface area contributed by atoms with Crippen LogP contribution in [0.3, 0.4) is 0 Å². The van der Waals surface area contributed by atoms with Crippen LogP contribution in [0.5, 0.6) is 0 Å². The fraction of sp³-hybridized carbons (Fsp3) is 0.611. The third-order valence-electron chi connectivity index (χ3n) is 4.47. The second kappa shape index (κ2) is 8.19. The first-order chi connectivity index (χ1) is 11.7. The van der Waals surface area contributed by atoms with E-state index in [1.807, 2.05) is 38.1 Å². The summed E-state index contributed by atoms with van der Waals surface area (Å²) in [5.41, 5.74) is 1.20. The van der Waals surface area contributed by atoms with E-state index >= 15 is 0 Å². The average Bonchev–Trinajstić information content (AvgIpc) is 2.89. The molecule has 0 fully saturated rings. The number of guanidine groups is 1. The van der Waals surface area contributed by atoms with Crippen molar-refractivity contribution in [1.29, 1.82) is 0 Å². The first-order valence-corrected chi connectivity index (χ1v) is 10.8. The molecule has 2 atom stereocenters. The Balaban J connectivity index is 2.02. The van der Waals surface area contributed by atoms with Crippen LogP contribution in [0.2, 0.25) is 0 Å². The number of rotatable bonds is 7. The molecule has 0 saturated heterocycles. The molecule has 0 saturated carbocycles. The van der Waals surface area contributed by atoms with E-state index in [2.05, 4.69) is 15.6 Å². The van der Waals surface area contributed by atoms with Crippen molar-refractivity contribution in [2.75, 3.05) is 25.1 Å². The molecule has 0 radical (unpaired) electrons. The molecule has 0 spiro atoms. The van der Waals surface area contributed by atoms with E-state index in [-0.39, 0.29) is 18.3 Å². The van der Waals surface area contributed by atoms with Gasteiger partial charge in [0.15, 0.2) is 5.96 Å². The molecule has 1 aromatic carbocycles. The summed E-state index contributed by atoms with van der Waals surface area (Å²) in [7, 11) is -2.98. The molecule has 140 valence electrons. The minimum Gasteiger partial charge on any atom is -0.383 e. The van der Waals surface area contributed by atoms with Crippen LogP contribution in [0.15, 0.2) is 29.3 Å². The minimum absolute atomic E-state index is 0.0296. The van der Waals surface area contributed by atoms with Crippen LogP contribution in [0.1, 0.15) is 37.8 Å². The molecule has 0 heterocycles. The monoisotopic (exact) mass is 367 g/mol. The maximum Gasteiger partial charge on any atom is 0.191 e. The lowest BCUT2D eigenvalue weighted by Gasteiger charge is -2.23. The SMILES string of the molecule is CCNC(=NCC1(O)CCc2ccccc21)NC(C)CCS(C)(=O)=O. The second-order valence-corrected chi connectivity index (χ2v) is 9.11. The van der Waals surface area contributed by atoms with Crippen LogP contribution in [0.25, 0.3) is 0 Å². The summed E-state index contributed by atoms with van der Waals surface area (Å²) < 4.78 is 22.6. The molecule has 2 unspecified atom stereocenters. The first kappa shape index (κ1) is 19.7. The van der Waals surface area contributed by atoms with Gasteiger partial charge in [0.25, 0.3) is 0 Å². The van der Waals surface area contributed by atoms with Gasteiger partial charge in [-0.05, 0) is 44.2 Å². The number of benzene rings is 1. The Morgan fingerprint density at radius 1 is 1.40 bits per heavy atom. The maximum absolute atomic E-state index is 11.3. The number of aliphatic imine (C=N–C) groups is 1. The minimum atomic E-state index is -2.98. The normalized spacial score (nSPS) is 21.7. The molecule has 7 heteroatoms. The smallest absolute Gasteiger partial charge is 0.191 e. The highest BCUT2D eigenvalue weighted by atomic mass is 32.2. The van der Waals surface area contributed by atoms with Gasteiger partial charge in [0, 0.05) is 18.8 Å². The standard InChI is InChI=1S/C18H29N3O3S/c1-4-19-17(21-14(2)10-12-25(3,23)24)20-13-18(22)11-9-15-7-5-6-8-16(15)18/h5-8,14,22H,4,9-13H2,1-3H3,(H2,19,20,21). The Bertz CT molecular complexity index is 718. The highest BCUT2D eigenvalue weighted by Gasteiger charge is 2.36. The van der Waals surface area contributed by atoms with Gasteiger partial charge in [0.1, 0.15) is 15.4 Å². The second-order valence-electron chi connectivity index (χ2n) is 6.85. The van der Waals surface area contributed by atoms with Gasteiger partial charge in [0.2, 0.25) is 0 Å². The topological polar surface area (TPSA) is 90.8 Å². The third-order valence-corrected chi connectivity index (χ3v) is 5.45. The van der Waals surface area contributed by atoms with Crippen LogP contribution >= 0.6 is 0 Å². The maximum atomic E-state index is 11.3. The number of hydrogen-bond acceptors (Lipinski definition) is 4. The van der Waals surface area contributed by atoms with Crippen LogP contribution in [0.4, 0.5) is 0 Å². The van der Waals surface area contributed by atoms with Crippen molar-refractivity contribution in [3.8, 4) is 0 Å². The van der Waals surface area contributed by atoms with Crippen molar-refractivity contribution < 1.29 is 13.5 Å². The fourth-order valence-corrected chi connectivity index (χ4v) is 3.84. The van der Waals surface area contributed by atoms with E-state index < -0.39 is 15.4 Å². The Morgan fingerprint density at radius 3 is 2.80 bits per heavy atom. The first-order valence-electron chi connectivity index (χ1n) is 8.77. The molecule has 0 bridgehead atoms. The number of nitrogens with zero attached hydrogens (tertiary/aromatic N) is 1. The lowest BCUT2D eigenvalue weighted by atomic mass is 9.96. The quantitative estimate of drug-likeness (QED) is 0.498. The van der Waals surface area contributed by atoms with Gasteiger partial charge >= 0.3 is 0 Å². The predicted molar refractivity (Wildman–Crippen MR) is 102 cm³/mol. The average molecular weight is 368 g/mol. The van der Waals surface area contributed by atoms with E-state index in [1.165, 1.54) is 11.8 Å². The molecule has 1 aliphatic rings. The van der Waals surface area contributed by atoms with Crippen LogP contribution in [-0.2, 0) is 21.9 Å². The Kier molecular flexibility index (Phi) is 6.46. The van der Waals surface area contributed by atoms with Crippen molar-refractivity contribution in [3.63, 3.8) is 0 Å². The summed E-state index contributed by atoms with van der Waals surface area (Å²) in [6, 6.07) is 7.91. The zero-order chi connectivity index (χ0) is 18.5. The fourth-order valence-electron chi connectivity index (χ4n) is 3.06. The van der Waals surface area contributed by atoms with Gasteiger partial charge in [-0.2, -0.15) is 0 Å². The van der Waals surface area contributed by atoms with Crippen molar-refractivity contribution in [1.82, 2.24) is 10.6 Å². The van der Waals surface area contributed by atoms with Gasteiger partial charge < -0.3 is 15.7 Å². The van der Waals surface area contributed by atoms with Gasteiger partial charge in [-0.1, -0.05) is 24.3 Å². The zero-order valence-electron chi connectivity index (χ0n) is 15.2. The van der Waals surface area contributed by atoms with Gasteiger partial charge in [-0.3, -0.25) is 0 Å². The summed E-state index contributed by atoms with van der Waals surface area (Å²) in [5, 5.41) is 17.3. The number of nitrogens with one attached hydrogen (secondary N) is 2. The Hall–Kier alpha value is -1.60. The largest absolute Gasteiger partial charge is 0.383 e. The van der Waals surface area contributed by atoms with Crippen molar-refractivity contribution in [2.24, 2.45) is 4.99 Å². The number of hydrogen-bond donors (Lipinski definition) is 3. The lowest BCUT2D eigenvalue weighted by Crippen LogP contribution is -2.43. The van der Waals surface area contributed by atoms with Gasteiger partial charge in [0.05, 0.1) is 12.3 Å². The molecule has 2 rings (SSSR count). The predicted octanol–water partition coefficient (Wildman–Crippen LogP) is 1.20. The molecule has 1 aromatic rings. The molecule has 0 aliphatic heterocycles. The highest BCUT2D eigenvalue weighted by molar-refractivity contribution is 7.90. The number of fused-ring (bicyclic) bond motifs is 1. The van der Waals surface area contributed by atoms with E-state index in [9.17, 15) is 13.5 Å². The van der Waals surface area contributed by atoms with E-state index in [0.717, 1.165) is 12.0 Å². The molecular formula is C18H29N3O3S. The summed E-state index contributed by atoms with van der Waals surface area (Å²) in [6.45, 7) is 4.87. The van der Waals surface area contributed by atoms with E-state index in [4.69, 9.17) is 0 Å². The molecule has 0 amide bonds. The van der Waals surface area contributed by atoms with Crippen LogP contribution in [0, 0.1) is 0 Å². The third kappa shape index (κ3) is 5.71. The Morgan fingerprint density at radius 2 is 2.12 bits per heavy atom. The lowest BCUT2D eigenvalue weighted by molar-refractivity contribution is 0.0485. The van der Waals surface area contributed by atoms with Gasteiger partial charge in [-0.15, -0.1) is 0 Å². The van der Waals surface area contributed by atoms with Crippen LogP contribution in [-0.4, -0.2) is 50.6 Å². The van der Waals surface area contributed by atoms with Crippen molar-refractivity contribution in [3.05, 3.63) is 35.4 Å². The summed E-state index contributed by atoms with van der Waals surface area (Å²) in [6.07, 6.45) is 3.28. The van der Waals surface area contributed by atoms with E-state index in [0.29, 0.717) is 25.3 Å². The zero-order valence-corrected chi connectivity index (χ0v) is 16.1. The van der Waals surface area contributed by atoms with E-state index in [1.54, 1.807) is 0 Å². The summed E-state index contributed by atoms with van der Waals surface area (Å²) >= 11 is 0. The molecule has 1 aliphatic carbocycles. The molecule has 6 nitrogen and oxygen atoms in total. The van der Waals surface area contributed by atoms with Crippen LogP contribution < -0.4 is 10.6 Å². The number of aryl methyl sites for hydroxylation is 1. The summed E-state index contributed by atoms with van der Waals surface area (Å²) in [5.74, 6) is 0.735. The molecule has 0 aromatic heterocycles. The highest BCUT2D eigenvalue weighted by Crippen LogP contribution is 2.36. The number of sulfone groups is 1. The molecule has 25 heavy (non-hydrogen) atoms. The number of aliphatic hydroxyl groups is 1. The summed E-state index contributed by atoms with van der Waals surface area (Å²) in [4.78, 5) is 4.55. The van der Waals surface area contributed by atoms with Crippen molar-refractivity contribution in [2.45, 2.75) is 44.8 Å².